The molecule has 1 aromatic carbocycles. The first-order valence-corrected chi connectivity index (χ1v) is 3.54. The van der Waals surface area contributed by atoms with Crippen molar-refractivity contribution in [2.24, 2.45) is 0 Å². The van der Waals surface area contributed by atoms with E-state index in [0.717, 1.165) is 0 Å². The van der Waals surface area contributed by atoms with Gasteiger partial charge in [-0.3, -0.25) is 4.79 Å². The van der Waals surface area contributed by atoms with Crippen LogP contribution >= 0.6 is 0 Å². The molecule has 0 aliphatic heterocycles. The van der Waals surface area contributed by atoms with Crippen LogP contribution in [-0.4, -0.2) is 18.5 Å². The molecule has 0 fully saturated rings. The average molecular weight is 166 g/mol. The van der Waals surface area contributed by atoms with Crippen molar-refractivity contribution in [2.45, 2.75) is 6.61 Å². The number of aromatic hydroxyl groups is 1. The van der Waals surface area contributed by atoms with Crippen molar-refractivity contribution in [2.75, 3.05) is 7.11 Å². The van der Waals surface area contributed by atoms with Crippen molar-refractivity contribution in [1.29, 1.82) is 0 Å². The molecule has 0 radical (unpaired) electrons. The van der Waals surface area contributed by atoms with Gasteiger partial charge in [-0.15, -0.1) is 0 Å². The van der Waals surface area contributed by atoms with Crippen LogP contribution < -0.4 is 0 Å². The minimum atomic E-state index is 0.0986. The zero-order valence-corrected chi connectivity index (χ0v) is 6.78. The summed E-state index contributed by atoms with van der Waals surface area (Å²) in [5.74, 6) is 0.0986. The fourth-order valence-electron chi connectivity index (χ4n) is 1.00. The highest BCUT2D eigenvalue weighted by Gasteiger charge is 2.05. The third-order valence-electron chi connectivity index (χ3n) is 1.60. The third-order valence-corrected chi connectivity index (χ3v) is 1.60. The Bertz CT molecular complexity index is 281. The largest absolute Gasteiger partial charge is 0.508 e. The highest BCUT2D eigenvalue weighted by atomic mass is 16.5. The predicted molar refractivity (Wildman–Crippen MR) is 44.2 cm³/mol. The van der Waals surface area contributed by atoms with Crippen molar-refractivity contribution in [3.8, 4) is 5.75 Å². The van der Waals surface area contributed by atoms with Crippen molar-refractivity contribution in [3.05, 3.63) is 29.3 Å². The highest BCUT2D eigenvalue weighted by Crippen LogP contribution is 2.20. The van der Waals surface area contributed by atoms with Crippen LogP contribution in [0.3, 0.4) is 0 Å². The fourth-order valence-corrected chi connectivity index (χ4v) is 1.00. The number of ether oxygens (including phenoxy) is 1. The SMILES string of the molecule is COCc1c(O)cccc1C=O. The zero-order valence-electron chi connectivity index (χ0n) is 6.78. The minimum absolute atomic E-state index is 0.0986. The number of hydrogen-bond acceptors (Lipinski definition) is 3. The van der Waals surface area contributed by atoms with Crippen molar-refractivity contribution >= 4 is 6.29 Å². The highest BCUT2D eigenvalue weighted by molar-refractivity contribution is 5.78. The van der Waals surface area contributed by atoms with Gasteiger partial charge in [0.05, 0.1) is 6.61 Å². The molecule has 1 rings (SSSR count). The van der Waals surface area contributed by atoms with Crippen LogP contribution in [0.2, 0.25) is 0 Å². The molecule has 0 saturated carbocycles. The Labute approximate surface area is 70.6 Å². The molecule has 0 unspecified atom stereocenters. The number of carbonyl (C=O) groups excluding carboxylic acids is 1. The Morgan fingerprint density at radius 3 is 2.92 bits per heavy atom. The Hall–Kier alpha value is -1.35. The normalized spacial score (nSPS) is 9.75. The fraction of sp³-hybridized carbons (Fsp3) is 0.222. The lowest BCUT2D eigenvalue weighted by Gasteiger charge is -2.04. The topological polar surface area (TPSA) is 46.5 Å². The van der Waals surface area contributed by atoms with Gasteiger partial charge < -0.3 is 9.84 Å². The number of carbonyl (C=O) groups is 1. The van der Waals surface area contributed by atoms with Crippen LogP contribution in [0.25, 0.3) is 0 Å². The van der Waals surface area contributed by atoms with Crippen molar-refractivity contribution in [1.82, 2.24) is 0 Å². The summed E-state index contributed by atoms with van der Waals surface area (Å²) in [7, 11) is 1.51. The molecule has 0 aromatic heterocycles. The maximum absolute atomic E-state index is 10.5. The predicted octanol–water partition coefficient (Wildman–Crippen LogP) is 1.35. The number of phenolic OH excluding ortho intramolecular Hbond substituents is 1. The van der Waals surface area contributed by atoms with Crippen LogP contribution in [0.4, 0.5) is 0 Å². The molecule has 0 amide bonds. The van der Waals surface area contributed by atoms with Gasteiger partial charge in [0.1, 0.15) is 5.75 Å². The molecular weight excluding hydrogens is 156 g/mol. The van der Waals surface area contributed by atoms with Gasteiger partial charge in [0.25, 0.3) is 0 Å². The summed E-state index contributed by atoms with van der Waals surface area (Å²) in [6, 6.07) is 4.79. The number of aldehydes is 1. The van der Waals surface area contributed by atoms with Gasteiger partial charge in [0.2, 0.25) is 0 Å². The van der Waals surface area contributed by atoms with E-state index in [2.05, 4.69) is 0 Å². The van der Waals surface area contributed by atoms with Crippen molar-refractivity contribution in [3.63, 3.8) is 0 Å². The quantitative estimate of drug-likeness (QED) is 0.689. The lowest BCUT2D eigenvalue weighted by atomic mass is 10.1. The number of benzene rings is 1. The summed E-state index contributed by atoms with van der Waals surface area (Å²) in [5.41, 5.74) is 1.01. The van der Waals surface area contributed by atoms with Crippen LogP contribution in [0.15, 0.2) is 18.2 Å². The van der Waals surface area contributed by atoms with E-state index in [4.69, 9.17) is 4.74 Å². The Morgan fingerprint density at radius 2 is 2.33 bits per heavy atom. The summed E-state index contributed by atoms with van der Waals surface area (Å²) >= 11 is 0. The lowest BCUT2D eigenvalue weighted by molar-refractivity contribution is 0.111. The van der Waals surface area contributed by atoms with E-state index in [0.29, 0.717) is 17.4 Å². The molecule has 0 saturated heterocycles. The van der Waals surface area contributed by atoms with Crippen molar-refractivity contribution < 1.29 is 14.6 Å². The zero-order chi connectivity index (χ0) is 8.97. The van der Waals surface area contributed by atoms with Gasteiger partial charge in [-0.1, -0.05) is 12.1 Å². The van der Waals surface area contributed by atoms with Crippen LogP contribution in [-0.2, 0) is 11.3 Å². The first-order chi connectivity index (χ1) is 5.79. The molecule has 0 heterocycles. The van der Waals surface area contributed by atoms with Gasteiger partial charge in [0.15, 0.2) is 6.29 Å². The van der Waals surface area contributed by atoms with E-state index in [1.54, 1.807) is 12.1 Å². The smallest absolute Gasteiger partial charge is 0.150 e. The number of rotatable bonds is 3. The minimum Gasteiger partial charge on any atom is -0.508 e. The summed E-state index contributed by atoms with van der Waals surface area (Å²) < 4.78 is 4.83. The van der Waals surface area contributed by atoms with Gasteiger partial charge in [-0.05, 0) is 6.07 Å². The molecule has 1 N–H and O–H groups in total. The maximum Gasteiger partial charge on any atom is 0.150 e. The molecular formula is C9H10O3. The van der Waals surface area contributed by atoms with E-state index >= 15 is 0 Å². The summed E-state index contributed by atoms with van der Waals surface area (Å²) in [6.07, 6.45) is 0.702. The van der Waals surface area contributed by atoms with Gasteiger partial charge in [-0.25, -0.2) is 0 Å². The van der Waals surface area contributed by atoms with E-state index in [9.17, 15) is 9.90 Å². The van der Waals surface area contributed by atoms with Crippen LogP contribution in [0.5, 0.6) is 5.75 Å². The van der Waals surface area contributed by atoms with Crippen LogP contribution in [0.1, 0.15) is 15.9 Å². The third kappa shape index (κ3) is 1.62. The van der Waals surface area contributed by atoms with E-state index in [1.165, 1.54) is 13.2 Å². The molecule has 1 aromatic rings. The monoisotopic (exact) mass is 166 g/mol. The van der Waals surface area contributed by atoms with Gasteiger partial charge >= 0.3 is 0 Å². The molecule has 0 aliphatic carbocycles. The van der Waals surface area contributed by atoms with E-state index < -0.39 is 0 Å². The van der Waals surface area contributed by atoms with E-state index in [1.807, 2.05) is 0 Å². The number of phenols is 1. The average Bonchev–Trinajstić information content (AvgIpc) is 2.09. The second-order valence-electron chi connectivity index (χ2n) is 2.40. The first-order valence-electron chi connectivity index (χ1n) is 3.54. The summed E-state index contributed by atoms with van der Waals surface area (Å²) in [6.45, 7) is 0.251. The second kappa shape index (κ2) is 3.88. The van der Waals surface area contributed by atoms with Gasteiger partial charge in [0, 0.05) is 18.2 Å². The van der Waals surface area contributed by atoms with Crippen LogP contribution in [0, 0.1) is 0 Å². The summed E-state index contributed by atoms with van der Waals surface area (Å²) in [5, 5.41) is 9.31. The Kier molecular flexibility index (Phi) is 2.82. The molecule has 0 spiro atoms. The molecule has 3 nitrogen and oxygen atoms in total. The van der Waals surface area contributed by atoms with Gasteiger partial charge in [-0.2, -0.15) is 0 Å². The Morgan fingerprint density at radius 1 is 1.58 bits per heavy atom. The molecule has 12 heavy (non-hydrogen) atoms. The second-order valence-corrected chi connectivity index (χ2v) is 2.40. The molecule has 0 bridgehead atoms. The molecule has 0 aliphatic rings. The molecule has 0 atom stereocenters. The Balaban J connectivity index is 3.10. The first kappa shape index (κ1) is 8.74. The maximum atomic E-state index is 10.5. The molecule has 3 heteroatoms. The number of hydrogen-bond donors (Lipinski definition) is 1. The standard InChI is InChI=1S/C9H10O3/c1-12-6-8-7(5-10)3-2-4-9(8)11/h2-5,11H,6H2,1H3. The van der Waals surface area contributed by atoms with E-state index in [-0.39, 0.29) is 12.4 Å². The number of methoxy groups -OCH3 is 1. The summed E-state index contributed by atoms with van der Waals surface area (Å²) in [4.78, 5) is 10.5. The lowest BCUT2D eigenvalue weighted by Crippen LogP contribution is -1.94. The molecule has 64 valence electrons.